The first-order chi connectivity index (χ1) is 9.04. The smallest absolute Gasteiger partial charge is 0.152 e. The Balaban J connectivity index is 2.38. The van der Waals surface area contributed by atoms with Gasteiger partial charge in [0.25, 0.3) is 0 Å². The van der Waals surface area contributed by atoms with E-state index in [9.17, 15) is 4.39 Å². The maximum Gasteiger partial charge on any atom is 0.152 e. The number of nitrogens with two attached hydrogens (primary N) is 1. The highest BCUT2D eigenvalue weighted by atomic mass is 79.9. The van der Waals surface area contributed by atoms with Crippen LogP contribution < -0.4 is 11.1 Å². The first-order valence-electron chi connectivity index (χ1n) is 6.07. The Labute approximate surface area is 119 Å². The maximum absolute atomic E-state index is 13.8. The first kappa shape index (κ1) is 13.9. The number of nitrogens with zero attached hydrogens (tertiary/aromatic N) is 2. The number of halogens is 2. The molecule has 0 aliphatic carbocycles. The zero-order valence-electron chi connectivity index (χ0n) is 10.9. The van der Waals surface area contributed by atoms with Crippen molar-refractivity contribution in [2.24, 2.45) is 7.05 Å². The molecule has 1 aromatic carbocycles. The predicted molar refractivity (Wildman–Crippen MR) is 79.0 cm³/mol. The minimum Gasteiger partial charge on any atom is -0.394 e. The zero-order valence-corrected chi connectivity index (χ0v) is 12.5. The third kappa shape index (κ3) is 2.73. The van der Waals surface area contributed by atoms with Crippen molar-refractivity contribution in [2.75, 3.05) is 11.1 Å². The second-order valence-corrected chi connectivity index (χ2v) is 5.16. The molecule has 19 heavy (non-hydrogen) atoms. The van der Waals surface area contributed by atoms with E-state index in [1.54, 1.807) is 23.9 Å². The molecule has 0 radical (unpaired) electrons. The molecule has 0 saturated carbocycles. The lowest BCUT2D eigenvalue weighted by molar-refractivity contribution is 0.630. The summed E-state index contributed by atoms with van der Waals surface area (Å²) >= 11 is 3.32. The molecule has 0 atom stereocenters. The van der Waals surface area contributed by atoms with Gasteiger partial charge in [0.1, 0.15) is 5.82 Å². The van der Waals surface area contributed by atoms with Gasteiger partial charge in [0, 0.05) is 11.5 Å². The highest BCUT2D eigenvalue weighted by molar-refractivity contribution is 9.10. The fourth-order valence-electron chi connectivity index (χ4n) is 1.90. The van der Waals surface area contributed by atoms with E-state index in [-0.39, 0.29) is 5.82 Å². The van der Waals surface area contributed by atoms with Gasteiger partial charge < -0.3 is 11.1 Å². The summed E-state index contributed by atoms with van der Waals surface area (Å²) in [5, 5.41) is 7.36. The minimum atomic E-state index is -0.341. The standard InChI is InChI=1S/C13H16BrFN4/c1-3-5-10-11(16)13(19(2)18-10)17-12-8(14)6-4-7-9(12)15/h4,6-7,17H,3,5,16H2,1-2H3. The molecule has 102 valence electrons. The van der Waals surface area contributed by atoms with Crippen LogP contribution in [0, 0.1) is 5.82 Å². The fraction of sp³-hybridized carbons (Fsp3) is 0.308. The molecule has 0 amide bonds. The second kappa shape index (κ2) is 5.61. The molecule has 6 heteroatoms. The molecule has 0 unspecified atom stereocenters. The number of aromatic nitrogens is 2. The van der Waals surface area contributed by atoms with E-state index in [2.05, 4.69) is 33.3 Å². The van der Waals surface area contributed by atoms with E-state index in [1.165, 1.54) is 6.07 Å². The number of para-hydroxylation sites is 1. The van der Waals surface area contributed by atoms with Crippen LogP contribution in [0.25, 0.3) is 0 Å². The summed E-state index contributed by atoms with van der Waals surface area (Å²) < 4.78 is 16.1. The largest absolute Gasteiger partial charge is 0.394 e. The maximum atomic E-state index is 13.8. The van der Waals surface area contributed by atoms with E-state index in [0.29, 0.717) is 21.7 Å². The van der Waals surface area contributed by atoms with Crippen LogP contribution in [-0.2, 0) is 13.5 Å². The number of hydrogen-bond donors (Lipinski definition) is 2. The van der Waals surface area contributed by atoms with Gasteiger partial charge in [0.2, 0.25) is 0 Å². The molecule has 0 aliphatic rings. The topological polar surface area (TPSA) is 55.9 Å². The number of anilines is 3. The van der Waals surface area contributed by atoms with Gasteiger partial charge in [-0.15, -0.1) is 0 Å². The molecule has 1 aromatic heterocycles. The van der Waals surface area contributed by atoms with Gasteiger partial charge >= 0.3 is 0 Å². The average Bonchev–Trinajstić information content (AvgIpc) is 2.61. The molecule has 0 aliphatic heterocycles. The van der Waals surface area contributed by atoms with Crippen LogP contribution >= 0.6 is 15.9 Å². The first-order valence-corrected chi connectivity index (χ1v) is 6.86. The highest BCUT2D eigenvalue weighted by Crippen LogP contribution is 2.32. The number of nitrogen functional groups attached to an aromatic ring is 1. The summed E-state index contributed by atoms with van der Waals surface area (Å²) in [6.07, 6.45) is 1.77. The Hall–Kier alpha value is -1.56. The summed E-state index contributed by atoms with van der Waals surface area (Å²) in [5.41, 5.74) is 7.82. The molecule has 3 N–H and O–H groups in total. The number of rotatable bonds is 4. The molecule has 4 nitrogen and oxygen atoms in total. The summed E-state index contributed by atoms with van der Waals surface area (Å²) in [5.74, 6) is 0.265. The normalized spacial score (nSPS) is 10.7. The number of aryl methyl sites for hydroxylation is 2. The van der Waals surface area contributed by atoms with E-state index < -0.39 is 0 Å². The van der Waals surface area contributed by atoms with Crippen LogP contribution in [0.4, 0.5) is 21.6 Å². The van der Waals surface area contributed by atoms with E-state index in [1.807, 2.05) is 0 Å². The van der Waals surface area contributed by atoms with Crippen molar-refractivity contribution in [1.82, 2.24) is 9.78 Å². The van der Waals surface area contributed by atoms with Crippen molar-refractivity contribution in [1.29, 1.82) is 0 Å². The SMILES string of the molecule is CCCc1nn(C)c(Nc2c(F)cccc2Br)c1N. The molecule has 2 aromatic rings. The minimum absolute atomic E-state index is 0.341. The number of hydrogen-bond acceptors (Lipinski definition) is 3. The zero-order chi connectivity index (χ0) is 14.0. The lowest BCUT2D eigenvalue weighted by Gasteiger charge is -2.10. The van der Waals surface area contributed by atoms with Gasteiger partial charge in [0.15, 0.2) is 5.82 Å². The molecule has 0 fully saturated rings. The van der Waals surface area contributed by atoms with E-state index in [0.717, 1.165) is 18.5 Å². The van der Waals surface area contributed by atoms with Crippen molar-refractivity contribution in [3.63, 3.8) is 0 Å². The van der Waals surface area contributed by atoms with Crippen molar-refractivity contribution in [2.45, 2.75) is 19.8 Å². The monoisotopic (exact) mass is 326 g/mol. The molecule has 2 rings (SSSR count). The lowest BCUT2D eigenvalue weighted by atomic mass is 10.2. The van der Waals surface area contributed by atoms with Gasteiger partial charge in [-0.3, -0.25) is 4.68 Å². The summed E-state index contributed by atoms with van der Waals surface area (Å²) in [6.45, 7) is 2.06. The number of benzene rings is 1. The van der Waals surface area contributed by atoms with Crippen LogP contribution in [-0.4, -0.2) is 9.78 Å². The van der Waals surface area contributed by atoms with Crippen molar-refractivity contribution < 1.29 is 4.39 Å². The molecular weight excluding hydrogens is 311 g/mol. The molecule has 0 saturated heterocycles. The summed E-state index contributed by atoms with van der Waals surface area (Å²) in [4.78, 5) is 0. The van der Waals surface area contributed by atoms with Gasteiger partial charge in [0.05, 0.1) is 17.1 Å². The predicted octanol–water partition coefficient (Wildman–Crippen LogP) is 3.60. The third-order valence-electron chi connectivity index (χ3n) is 2.85. The van der Waals surface area contributed by atoms with Gasteiger partial charge in [-0.1, -0.05) is 19.4 Å². The molecule has 1 heterocycles. The van der Waals surface area contributed by atoms with Crippen molar-refractivity contribution in [3.8, 4) is 0 Å². The highest BCUT2D eigenvalue weighted by Gasteiger charge is 2.15. The summed E-state index contributed by atoms with van der Waals surface area (Å²) in [7, 11) is 1.78. The fourth-order valence-corrected chi connectivity index (χ4v) is 2.34. The van der Waals surface area contributed by atoms with Gasteiger partial charge in [-0.2, -0.15) is 5.10 Å². The van der Waals surface area contributed by atoms with Gasteiger partial charge in [-0.25, -0.2) is 4.39 Å². The molecular formula is C13H16BrFN4. The van der Waals surface area contributed by atoms with Crippen LogP contribution in [0.5, 0.6) is 0 Å². The average molecular weight is 327 g/mol. The molecule has 0 spiro atoms. The Kier molecular flexibility index (Phi) is 4.09. The van der Waals surface area contributed by atoms with E-state index in [4.69, 9.17) is 5.73 Å². The van der Waals surface area contributed by atoms with Crippen molar-refractivity contribution >= 4 is 33.1 Å². The van der Waals surface area contributed by atoms with E-state index >= 15 is 0 Å². The van der Waals surface area contributed by atoms with Crippen LogP contribution in [0.2, 0.25) is 0 Å². The van der Waals surface area contributed by atoms with Crippen LogP contribution in [0.3, 0.4) is 0 Å². The number of nitrogens with one attached hydrogen (secondary N) is 1. The van der Waals surface area contributed by atoms with Crippen LogP contribution in [0.15, 0.2) is 22.7 Å². The second-order valence-electron chi connectivity index (χ2n) is 4.30. The molecule has 0 bridgehead atoms. The Morgan fingerprint density at radius 3 is 2.84 bits per heavy atom. The van der Waals surface area contributed by atoms with Gasteiger partial charge in [-0.05, 0) is 34.5 Å². The quantitative estimate of drug-likeness (QED) is 0.902. The Morgan fingerprint density at radius 1 is 1.47 bits per heavy atom. The van der Waals surface area contributed by atoms with Crippen LogP contribution in [0.1, 0.15) is 19.0 Å². The van der Waals surface area contributed by atoms with Crippen molar-refractivity contribution in [3.05, 3.63) is 34.2 Å². The summed E-state index contributed by atoms with van der Waals surface area (Å²) in [6, 6.07) is 4.80. The Morgan fingerprint density at radius 2 is 2.21 bits per heavy atom. The lowest BCUT2D eigenvalue weighted by Crippen LogP contribution is -2.03. The third-order valence-corrected chi connectivity index (χ3v) is 3.51. The Bertz CT molecular complexity index is 574.